The lowest BCUT2D eigenvalue weighted by Gasteiger charge is -2.38. The van der Waals surface area contributed by atoms with Gasteiger partial charge in [0.2, 0.25) is 5.91 Å². The maximum Gasteiger partial charge on any atom is 0.225 e. The second kappa shape index (κ2) is 6.93. The summed E-state index contributed by atoms with van der Waals surface area (Å²) in [6, 6.07) is 4.45. The molecule has 1 saturated heterocycles. The Balaban J connectivity index is 1.60. The van der Waals surface area contributed by atoms with E-state index in [-0.39, 0.29) is 12.0 Å². The maximum atomic E-state index is 12.7. The first kappa shape index (κ1) is 15.0. The minimum atomic E-state index is 0.149. The normalized spacial score (nSPS) is 27.8. The molecule has 1 amide bonds. The van der Waals surface area contributed by atoms with E-state index in [0.29, 0.717) is 11.8 Å². The summed E-state index contributed by atoms with van der Waals surface area (Å²) in [6.45, 7) is 1.66. The Hall–Kier alpha value is -0.870. The molecule has 0 bridgehead atoms. The van der Waals surface area contributed by atoms with Crippen molar-refractivity contribution in [1.29, 1.82) is 0 Å². The number of carbonyl (C=O) groups excluding carboxylic acids is 1. The van der Waals surface area contributed by atoms with Crippen LogP contribution in [0, 0.1) is 11.8 Å². The molecule has 1 aromatic rings. The van der Waals surface area contributed by atoms with E-state index < -0.39 is 0 Å². The van der Waals surface area contributed by atoms with E-state index in [1.165, 1.54) is 24.1 Å². The van der Waals surface area contributed by atoms with Gasteiger partial charge in [-0.2, -0.15) is 0 Å². The number of likely N-dealkylation sites (tertiary alicyclic amines) is 1. The minimum Gasteiger partial charge on any atom is -0.341 e. The number of thiophene rings is 1. The lowest BCUT2D eigenvalue weighted by molar-refractivity contribution is -0.138. The Kier molecular flexibility index (Phi) is 4.96. The third-order valence-electron chi connectivity index (χ3n) is 4.91. The van der Waals surface area contributed by atoms with Crippen molar-refractivity contribution >= 4 is 17.2 Å². The summed E-state index contributed by atoms with van der Waals surface area (Å²) in [7, 11) is 0. The molecule has 1 saturated carbocycles. The van der Waals surface area contributed by atoms with Crippen LogP contribution in [0.1, 0.15) is 43.4 Å². The maximum absolute atomic E-state index is 12.7. The molecule has 1 aliphatic heterocycles. The molecular weight excluding hydrogens is 280 g/mol. The van der Waals surface area contributed by atoms with Gasteiger partial charge in [-0.25, -0.2) is 0 Å². The van der Waals surface area contributed by atoms with Crippen LogP contribution in [0.2, 0.25) is 0 Å². The molecule has 0 aromatic carbocycles. The third-order valence-corrected chi connectivity index (χ3v) is 5.80. The zero-order chi connectivity index (χ0) is 14.7. The quantitative estimate of drug-likeness (QED) is 0.933. The largest absolute Gasteiger partial charge is 0.341 e. The van der Waals surface area contributed by atoms with Crippen LogP contribution in [0.3, 0.4) is 0 Å². The zero-order valence-electron chi connectivity index (χ0n) is 12.7. The fraction of sp³-hybridized carbons (Fsp3) is 0.706. The van der Waals surface area contributed by atoms with Crippen LogP contribution in [0.5, 0.6) is 0 Å². The van der Waals surface area contributed by atoms with E-state index in [1.807, 2.05) is 11.3 Å². The van der Waals surface area contributed by atoms with E-state index in [1.54, 1.807) is 0 Å². The summed E-state index contributed by atoms with van der Waals surface area (Å²) in [5.74, 6) is 1.17. The van der Waals surface area contributed by atoms with E-state index in [0.717, 1.165) is 38.8 Å². The van der Waals surface area contributed by atoms with Crippen molar-refractivity contribution in [3.63, 3.8) is 0 Å². The molecule has 1 aliphatic carbocycles. The molecule has 3 nitrogen and oxygen atoms in total. The number of nitrogens with two attached hydrogens (primary N) is 1. The highest BCUT2D eigenvalue weighted by atomic mass is 32.1. The molecular formula is C17H26N2OS. The topological polar surface area (TPSA) is 46.3 Å². The van der Waals surface area contributed by atoms with Crippen molar-refractivity contribution in [2.45, 2.75) is 51.0 Å². The fourth-order valence-electron chi connectivity index (χ4n) is 3.90. The highest BCUT2D eigenvalue weighted by Crippen LogP contribution is 2.28. The van der Waals surface area contributed by atoms with Gasteiger partial charge in [0, 0.05) is 29.9 Å². The van der Waals surface area contributed by atoms with Crippen molar-refractivity contribution < 1.29 is 4.79 Å². The van der Waals surface area contributed by atoms with Crippen LogP contribution < -0.4 is 5.73 Å². The van der Waals surface area contributed by atoms with Crippen LogP contribution in [0.4, 0.5) is 0 Å². The molecule has 0 radical (unpaired) electrons. The first-order valence-corrected chi connectivity index (χ1v) is 9.17. The molecule has 2 N–H and O–H groups in total. The summed E-state index contributed by atoms with van der Waals surface area (Å²) in [6.07, 6.45) is 8.01. The van der Waals surface area contributed by atoms with Crippen molar-refractivity contribution in [1.82, 2.24) is 4.90 Å². The lowest BCUT2D eigenvalue weighted by Crippen LogP contribution is -2.51. The van der Waals surface area contributed by atoms with E-state index in [9.17, 15) is 4.79 Å². The Morgan fingerprint density at radius 3 is 2.81 bits per heavy atom. The summed E-state index contributed by atoms with van der Waals surface area (Å²) in [5.41, 5.74) is 6.22. The predicted molar refractivity (Wildman–Crippen MR) is 87.3 cm³/mol. The Bertz CT molecular complexity index is 453. The van der Waals surface area contributed by atoms with E-state index in [4.69, 9.17) is 5.73 Å². The van der Waals surface area contributed by atoms with Crippen molar-refractivity contribution in [3.05, 3.63) is 22.4 Å². The van der Waals surface area contributed by atoms with Gasteiger partial charge in [-0.3, -0.25) is 4.79 Å². The Labute approximate surface area is 131 Å². The third kappa shape index (κ3) is 3.86. The van der Waals surface area contributed by atoms with Gasteiger partial charge in [-0.1, -0.05) is 25.3 Å². The molecule has 2 atom stereocenters. The number of carbonyl (C=O) groups is 1. The first-order valence-electron chi connectivity index (χ1n) is 8.29. The number of amides is 1. The fourth-order valence-corrected chi connectivity index (χ4v) is 4.72. The van der Waals surface area contributed by atoms with Crippen molar-refractivity contribution in [2.24, 2.45) is 17.6 Å². The number of hydrogen-bond acceptors (Lipinski definition) is 3. The van der Waals surface area contributed by atoms with Gasteiger partial charge in [0.25, 0.3) is 0 Å². The summed E-state index contributed by atoms with van der Waals surface area (Å²) < 4.78 is 0. The van der Waals surface area contributed by atoms with Gasteiger partial charge in [0.1, 0.15) is 0 Å². The predicted octanol–water partition coefficient (Wildman–Crippen LogP) is 3.05. The molecule has 2 heterocycles. The standard InChI is InChI=1S/C17H26N2OS/c18-15-9-13(10-16-7-4-8-21-16)11-19(12-15)17(20)14-5-2-1-3-6-14/h4,7-8,13-15H,1-3,5-6,9-12,18H2. The molecule has 0 spiro atoms. The van der Waals surface area contributed by atoms with Crippen LogP contribution in [-0.4, -0.2) is 29.9 Å². The summed E-state index contributed by atoms with van der Waals surface area (Å²) in [5, 5.41) is 2.13. The SMILES string of the molecule is NC1CC(Cc2cccs2)CN(C(=O)C2CCCCC2)C1. The minimum absolute atomic E-state index is 0.149. The summed E-state index contributed by atoms with van der Waals surface area (Å²) >= 11 is 1.81. The Morgan fingerprint density at radius 2 is 2.10 bits per heavy atom. The van der Waals surface area contributed by atoms with Gasteiger partial charge in [0.05, 0.1) is 0 Å². The molecule has 116 valence electrons. The van der Waals surface area contributed by atoms with Crippen molar-refractivity contribution in [3.8, 4) is 0 Å². The van der Waals surface area contributed by atoms with Gasteiger partial charge in [0.15, 0.2) is 0 Å². The van der Waals surface area contributed by atoms with Crippen LogP contribution in [-0.2, 0) is 11.2 Å². The van der Waals surface area contributed by atoms with E-state index >= 15 is 0 Å². The second-order valence-corrected chi connectivity index (χ2v) is 7.76. The van der Waals surface area contributed by atoms with Crippen molar-refractivity contribution in [2.75, 3.05) is 13.1 Å². The molecule has 2 unspecified atom stereocenters. The number of hydrogen-bond donors (Lipinski definition) is 1. The zero-order valence-corrected chi connectivity index (χ0v) is 13.5. The molecule has 2 aliphatic rings. The van der Waals surface area contributed by atoms with E-state index in [2.05, 4.69) is 22.4 Å². The molecule has 1 aromatic heterocycles. The van der Waals surface area contributed by atoms with Crippen LogP contribution in [0.25, 0.3) is 0 Å². The smallest absolute Gasteiger partial charge is 0.225 e. The van der Waals surface area contributed by atoms with Crippen LogP contribution >= 0.6 is 11.3 Å². The molecule has 2 fully saturated rings. The molecule has 4 heteroatoms. The number of piperidine rings is 1. The average molecular weight is 306 g/mol. The first-order chi connectivity index (χ1) is 10.2. The molecule has 3 rings (SSSR count). The highest BCUT2D eigenvalue weighted by Gasteiger charge is 2.32. The highest BCUT2D eigenvalue weighted by molar-refractivity contribution is 7.09. The average Bonchev–Trinajstić information content (AvgIpc) is 2.99. The molecule has 21 heavy (non-hydrogen) atoms. The van der Waals surface area contributed by atoms with Gasteiger partial charge in [-0.15, -0.1) is 11.3 Å². The lowest BCUT2D eigenvalue weighted by atomic mass is 9.86. The summed E-state index contributed by atoms with van der Waals surface area (Å²) in [4.78, 5) is 16.2. The Morgan fingerprint density at radius 1 is 1.29 bits per heavy atom. The second-order valence-electron chi connectivity index (χ2n) is 6.72. The van der Waals surface area contributed by atoms with Gasteiger partial charge in [-0.05, 0) is 43.0 Å². The van der Waals surface area contributed by atoms with Crippen LogP contribution in [0.15, 0.2) is 17.5 Å². The van der Waals surface area contributed by atoms with Gasteiger partial charge >= 0.3 is 0 Å². The number of nitrogens with zero attached hydrogens (tertiary/aromatic N) is 1. The monoisotopic (exact) mass is 306 g/mol. The number of rotatable bonds is 3. The van der Waals surface area contributed by atoms with Gasteiger partial charge < -0.3 is 10.6 Å².